The highest BCUT2D eigenvalue weighted by Gasteiger charge is 2.08. The van der Waals surface area contributed by atoms with Crippen LogP contribution in [-0.2, 0) is 6.42 Å². The topological polar surface area (TPSA) is 35.2 Å². The third kappa shape index (κ3) is 4.47. The van der Waals surface area contributed by atoms with Gasteiger partial charge in [-0.2, -0.15) is 0 Å². The van der Waals surface area contributed by atoms with Gasteiger partial charge in [-0.1, -0.05) is 56.9 Å². The average molecular weight is 285 g/mol. The van der Waals surface area contributed by atoms with Crippen molar-refractivity contribution >= 4 is 10.8 Å². The molecule has 0 fully saturated rings. The fraction of sp³-hybridized carbons (Fsp3) is 0.474. The molecule has 0 amide bonds. The first-order valence-electron chi connectivity index (χ1n) is 8.05. The van der Waals surface area contributed by atoms with Gasteiger partial charge in [0.05, 0.1) is 7.11 Å². The van der Waals surface area contributed by atoms with Crippen LogP contribution in [0.4, 0.5) is 0 Å². The number of ether oxygens (including phenoxy) is 1. The molecule has 0 saturated heterocycles. The lowest BCUT2D eigenvalue weighted by molar-refractivity contribution is 0.415. The van der Waals surface area contributed by atoms with E-state index in [1.165, 1.54) is 42.0 Å². The zero-order chi connectivity index (χ0) is 15.1. The normalized spacial score (nSPS) is 12.5. The number of unbranched alkanes of at least 4 members (excludes halogenated alkanes) is 3. The van der Waals surface area contributed by atoms with E-state index >= 15 is 0 Å². The van der Waals surface area contributed by atoms with Crippen molar-refractivity contribution in [2.24, 2.45) is 5.73 Å². The van der Waals surface area contributed by atoms with Gasteiger partial charge in [0.2, 0.25) is 0 Å². The van der Waals surface area contributed by atoms with E-state index < -0.39 is 0 Å². The van der Waals surface area contributed by atoms with E-state index in [2.05, 4.69) is 37.3 Å². The van der Waals surface area contributed by atoms with Crippen LogP contribution < -0.4 is 10.5 Å². The molecule has 0 aliphatic carbocycles. The summed E-state index contributed by atoms with van der Waals surface area (Å²) in [5.41, 5.74) is 7.65. The van der Waals surface area contributed by atoms with Gasteiger partial charge in [-0.3, -0.25) is 0 Å². The van der Waals surface area contributed by atoms with E-state index in [9.17, 15) is 0 Å². The predicted molar refractivity (Wildman–Crippen MR) is 90.9 cm³/mol. The maximum Gasteiger partial charge on any atom is 0.119 e. The molecule has 21 heavy (non-hydrogen) atoms. The predicted octanol–water partition coefficient (Wildman–Crippen LogP) is 4.69. The van der Waals surface area contributed by atoms with E-state index in [1.54, 1.807) is 7.11 Å². The molecule has 0 aliphatic rings. The Balaban J connectivity index is 2.06. The van der Waals surface area contributed by atoms with Crippen LogP contribution in [0.3, 0.4) is 0 Å². The molecule has 0 spiro atoms. The average Bonchev–Trinajstić information content (AvgIpc) is 2.51. The van der Waals surface area contributed by atoms with Crippen molar-refractivity contribution < 1.29 is 4.74 Å². The molecule has 0 saturated carbocycles. The van der Waals surface area contributed by atoms with Gasteiger partial charge in [0.25, 0.3) is 0 Å². The Morgan fingerprint density at radius 2 is 1.95 bits per heavy atom. The van der Waals surface area contributed by atoms with Gasteiger partial charge < -0.3 is 10.5 Å². The van der Waals surface area contributed by atoms with Crippen LogP contribution in [0.15, 0.2) is 36.4 Å². The van der Waals surface area contributed by atoms with E-state index in [-0.39, 0.29) is 6.04 Å². The smallest absolute Gasteiger partial charge is 0.119 e. The number of fused-ring (bicyclic) bond motifs is 1. The third-order valence-corrected chi connectivity index (χ3v) is 4.09. The van der Waals surface area contributed by atoms with Crippen LogP contribution in [0, 0.1) is 0 Å². The van der Waals surface area contributed by atoms with Gasteiger partial charge in [0, 0.05) is 6.04 Å². The fourth-order valence-corrected chi connectivity index (χ4v) is 2.84. The molecule has 2 heteroatoms. The highest BCUT2D eigenvalue weighted by molar-refractivity contribution is 5.87. The van der Waals surface area contributed by atoms with Crippen molar-refractivity contribution in [3.8, 4) is 5.75 Å². The lowest BCUT2D eigenvalue weighted by Gasteiger charge is -2.14. The molecule has 0 heterocycles. The Hall–Kier alpha value is -1.54. The SMILES string of the molecule is CCCCCCC(N)Cc1cccc2ccc(OC)cc12. The van der Waals surface area contributed by atoms with E-state index in [4.69, 9.17) is 10.5 Å². The summed E-state index contributed by atoms with van der Waals surface area (Å²) in [6, 6.07) is 12.9. The number of nitrogens with two attached hydrogens (primary N) is 1. The van der Waals surface area contributed by atoms with E-state index in [0.29, 0.717) is 0 Å². The summed E-state index contributed by atoms with van der Waals surface area (Å²) >= 11 is 0. The summed E-state index contributed by atoms with van der Waals surface area (Å²) in [6.45, 7) is 2.24. The molecule has 2 aromatic rings. The van der Waals surface area contributed by atoms with Crippen molar-refractivity contribution in [3.05, 3.63) is 42.0 Å². The van der Waals surface area contributed by atoms with Crippen LogP contribution in [0.25, 0.3) is 10.8 Å². The second-order valence-electron chi connectivity index (χ2n) is 5.82. The summed E-state index contributed by atoms with van der Waals surface area (Å²) in [5, 5.41) is 2.52. The number of benzene rings is 2. The maximum atomic E-state index is 6.32. The van der Waals surface area contributed by atoms with Crippen molar-refractivity contribution in [1.29, 1.82) is 0 Å². The maximum absolute atomic E-state index is 6.32. The van der Waals surface area contributed by atoms with Gasteiger partial charge >= 0.3 is 0 Å². The van der Waals surface area contributed by atoms with Gasteiger partial charge in [-0.05, 0) is 41.3 Å². The van der Waals surface area contributed by atoms with Crippen LogP contribution in [0.1, 0.15) is 44.6 Å². The number of methoxy groups -OCH3 is 1. The molecule has 2 nitrogen and oxygen atoms in total. The minimum atomic E-state index is 0.249. The van der Waals surface area contributed by atoms with Crippen LogP contribution >= 0.6 is 0 Å². The first-order chi connectivity index (χ1) is 10.2. The van der Waals surface area contributed by atoms with Crippen LogP contribution in [0.2, 0.25) is 0 Å². The Kier molecular flexibility index (Phi) is 6.06. The van der Waals surface area contributed by atoms with Gasteiger partial charge in [-0.25, -0.2) is 0 Å². The van der Waals surface area contributed by atoms with Crippen molar-refractivity contribution in [2.45, 2.75) is 51.5 Å². The van der Waals surface area contributed by atoms with Gasteiger partial charge in [0.1, 0.15) is 5.75 Å². The first kappa shape index (κ1) is 15.8. The van der Waals surface area contributed by atoms with Gasteiger partial charge in [-0.15, -0.1) is 0 Å². The summed E-state index contributed by atoms with van der Waals surface area (Å²) in [6.07, 6.45) is 7.18. The highest BCUT2D eigenvalue weighted by atomic mass is 16.5. The van der Waals surface area contributed by atoms with Crippen LogP contribution in [-0.4, -0.2) is 13.2 Å². The lowest BCUT2D eigenvalue weighted by atomic mass is 9.96. The molecule has 2 aromatic carbocycles. The van der Waals surface area contributed by atoms with Crippen molar-refractivity contribution in [3.63, 3.8) is 0 Å². The molecular weight excluding hydrogens is 258 g/mol. The Labute approximate surface area is 128 Å². The molecule has 0 radical (unpaired) electrons. The minimum Gasteiger partial charge on any atom is -0.497 e. The molecule has 114 valence electrons. The summed E-state index contributed by atoms with van der Waals surface area (Å²) in [5.74, 6) is 0.909. The van der Waals surface area contributed by atoms with Crippen LogP contribution in [0.5, 0.6) is 5.75 Å². The third-order valence-electron chi connectivity index (χ3n) is 4.09. The minimum absolute atomic E-state index is 0.249. The molecule has 2 N–H and O–H groups in total. The standard InChI is InChI=1S/C19H27NO/c1-3-4-5-6-10-17(20)13-16-9-7-8-15-11-12-18(21-2)14-19(15)16/h7-9,11-12,14,17H,3-6,10,13,20H2,1-2H3. The largest absolute Gasteiger partial charge is 0.497 e. The second kappa shape index (κ2) is 8.04. The molecule has 0 aromatic heterocycles. The Bertz CT molecular complexity index is 564. The molecule has 2 rings (SSSR count). The lowest BCUT2D eigenvalue weighted by Crippen LogP contribution is -2.22. The summed E-state index contributed by atoms with van der Waals surface area (Å²) in [7, 11) is 1.71. The molecule has 0 aliphatic heterocycles. The molecular formula is C19H27NO. The zero-order valence-corrected chi connectivity index (χ0v) is 13.3. The quantitative estimate of drug-likeness (QED) is 0.714. The molecule has 1 atom stereocenters. The monoisotopic (exact) mass is 285 g/mol. The van der Waals surface area contributed by atoms with E-state index in [0.717, 1.165) is 18.6 Å². The molecule has 1 unspecified atom stereocenters. The molecule has 0 bridgehead atoms. The second-order valence-corrected chi connectivity index (χ2v) is 5.82. The number of hydrogen-bond donors (Lipinski definition) is 1. The Morgan fingerprint density at radius 3 is 2.71 bits per heavy atom. The van der Waals surface area contributed by atoms with Gasteiger partial charge in [0.15, 0.2) is 0 Å². The number of rotatable bonds is 8. The number of hydrogen-bond acceptors (Lipinski definition) is 2. The van der Waals surface area contributed by atoms with Crippen molar-refractivity contribution in [2.75, 3.05) is 7.11 Å². The highest BCUT2D eigenvalue weighted by Crippen LogP contribution is 2.25. The van der Waals surface area contributed by atoms with Crippen molar-refractivity contribution in [1.82, 2.24) is 0 Å². The Morgan fingerprint density at radius 1 is 1.10 bits per heavy atom. The summed E-state index contributed by atoms with van der Waals surface area (Å²) < 4.78 is 5.34. The first-order valence-corrected chi connectivity index (χ1v) is 8.05. The fourth-order valence-electron chi connectivity index (χ4n) is 2.84. The van der Waals surface area contributed by atoms with E-state index in [1.807, 2.05) is 6.07 Å². The summed E-state index contributed by atoms with van der Waals surface area (Å²) in [4.78, 5) is 0. The zero-order valence-electron chi connectivity index (χ0n) is 13.3.